The van der Waals surface area contributed by atoms with Crippen molar-refractivity contribution in [3.05, 3.63) is 23.8 Å². The van der Waals surface area contributed by atoms with Crippen LogP contribution in [0.2, 0.25) is 0 Å². The minimum Gasteiger partial charge on any atom is -0.494 e. The van der Waals surface area contributed by atoms with E-state index in [4.69, 9.17) is 19.7 Å². The highest BCUT2D eigenvalue weighted by atomic mass is 16.5. The molecule has 1 aromatic rings. The first-order valence-electron chi connectivity index (χ1n) is 9.29. The molecule has 6 heteroatoms. The zero-order valence-corrected chi connectivity index (χ0v) is 17.0. The number of rotatable bonds is 12. The number of carboxylic acids is 2. The first kappa shape index (κ1) is 22.8. The van der Waals surface area contributed by atoms with E-state index in [0.717, 1.165) is 17.1 Å². The molecule has 6 nitrogen and oxygen atoms in total. The molecule has 0 aliphatic heterocycles. The van der Waals surface area contributed by atoms with E-state index in [1.54, 1.807) is 27.7 Å². The van der Waals surface area contributed by atoms with Gasteiger partial charge in [0, 0.05) is 0 Å². The fourth-order valence-electron chi connectivity index (χ4n) is 2.49. The first-order chi connectivity index (χ1) is 12.5. The van der Waals surface area contributed by atoms with Crippen molar-refractivity contribution >= 4 is 11.9 Å². The number of carboxylic acid groups (broad SMARTS) is 2. The Morgan fingerprint density at radius 1 is 0.889 bits per heavy atom. The van der Waals surface area contributed by atoms with Crippen molar-refractivity contribution in [2.45, 2.75) is 60.3 Å². The van der Waals surface area contributed by atoms with Crippen LogP contribution in [0.3, 0.4) is 0 Å². The predicted molar refractivity (Wildman–Crippen MR) is 103 cm³/mol. The number of carbonyl (C=O) groups is 2. The predicted octanol–water partition coefficient (Wildman–Crippen LogP) is 4.53. The molecule has 1 rings (SSSR count). The van der Waals surface area contributed by atoms with Gasteiger partial charge >= 0.3 is 11.9 Å². The zero-order chi connectivity index (χ0) is 20.7. The van der Waals surface area contributed by atoms with Gasteiger partial charge in [0.1, 0.15) is 11.5 Å². The van der Waals surface area contributed by atoms with Gasteiger partial charge in [-0.05, 0) is 84.1 Å². The number of aliphatic carboxylic acids is 2. The standard InChI is InChI=1S/C21H32O6/c1-15-14-16(26-12-6-10-20(2,3)18(22)23)8-9-17(15)27-13-7-11-21(4,5)19(24)25/h8-9,14H,6-7,10-13H2,1-5H3,(H,22,23)(H,24,25). The van der Waals surface area contributed by atoms with Crippen LogP contribution in [0, 0.1) is 17.8 Å². The van der Waals surface area contributed by atoms with E-state index in [1.807, 2.05) is 25.1 Å². The van der Waals surface area contributed by atoms with E-state index in [-0.39, 0.29) is 0 Å². The van der Waals surface area contributed by atoms with Crippen LogP contribution in [-0.4, -0.2) is 35.4 Å². The summed E-state index contributed by atoms with van der Waals surface area (Å²) in [6.07, 6.45) is 2.43. The SMILES string of the molecule is Cc1cc(OCCCC(C)(C)C(=O)O)ccc1OCCCC(C)(C)C(=O)O. The number of benzene rings is 1. The van der Waals surface area contributed by atoms with Gasteiger partial charge in [-0.25, -0.2) is 0 Å². The number of ether oxygens (including phenoxy) is 2. The molecule has 0 heterocycles. The third kappa shape index (κ3) is 7.49. The minimum absolute atomic E-state index is 0.459. The summed E-state index contributed by atoms with van der Waals surface area (Å²) in [5, 5.41) is 18.2. The fourth-order valence-corrected chi connectivity index (χ4v) is 2.49. The first-order valence-corrected chi connectivity index (χ1v) is 9.29. The van der Waals surface area contributed by atoms with Gasteiger partial charge in [0.05, 0.1) is 24.0 Å². The molecule has 0 bridgehead atoms. The number of hydrogen-bond donors (Lipinski definition) is 2. The molecule has 152 valence electrons. The summed E-state index contributed by atoms with van der Waals surface area (Å²) in [5.74, 6) is -0.124. The molecule has 0 aromatic heterocycles. The van der Waals surface area contributed by atoms with Crippen molar-refractivity contribution in [3.8, 4) is 11.5 Å². The van der Waals surface area contributed by atoms with Crippen molar-refractivity contribution in [2.24, 2.45) is 10.8 Å². The summed E-state index contributed by atoms with van der Waals surface area (Å²) >= 11 is 0. The molecule has 1 aromatic carbocycles. The molecular weight excluding hydrogens is 348 g/mol. The van der Waals surface area contributed by atoms with E-state index >= 15 is 0 Å². The Hall–Kier alpha value is -2.24. The van der Waals surface area contributed by atoms with Crippen molar-refractivity contribution in [1.29, 1.82) is 0 Å². The Kier molecular flexibility index (Phi) is 8.13. The van der Waals surface area contributed by atoms with Gasteiger partial charge in [-0.1, -0.05) is 0 Å². The van der Waals surface area contributed by atoms with Crippen LogP contribution in [0.4, 0.5) is 0 Å². The Morgan fingerprint density at radius 3 is 1.81 bits per heavy atom. The molecule has 2 N–H and O–H groups in total. The highest BCUT2D eigenvalue weighted by Gasteiger charge is 2.27. The zero-order valence-electron chi connectivity index (χ0n) is 17.0. The van der Waals surface area contributed by atoms with Crippen molar-refractivity contribution in [2.75, 3.05) is 13.2 Å². The van der Waals surface area contributed by atoms with Gasteiger partial charge in [0.25, 0.3) is 0 Å². The van der Waals surface area contributed by atoms with Gasteiger partial charge in [0.2, 0.25) is 0 Å². The van der Waals surface area contributed by atoms with E-state index < -0.39 is 22.8 Å². The van der Waals surface area contributed by atoms with Crippen molar-refractivity contribution in [3.63, 3.8) is 0 Å². The highest BCUT2D eigenvalue weighted by Crippen LogP contribution is 2.26. The monoisotopic (exact) mass is 380 g/mol. The second-order valence-corrected chi connectivity index (χ2v) is 8.21. The van der Waals surface area contributed by atoms with Crippen LogP contribution < -0.4 is 9.47 Å². The van der Waals surface area contributed by atoms with Gasteiger partial charge in [-0.2, -0.15) is 0 Å². The molecule has 0 aliphatic carbocycles. The summed E-state index contributed by atoms with van der Waals surface area (Å²) in [6, 6.07) is 5.55. The lowest BCUT2D eigenvalue weighted by Crippen LogP contribution is -2.24. The molecule has 0 saturated heterocycles. The molecule has 0 spiro atoms. The van der Waals surface area contributed by atoms with E-state index in [1.165, 1.54) is 0 Å². The fraction of sp³-hybridized carbons (Fsp3) is 0.619. The van der Waals surface area contributed by atoms with Gasteiger partial charge in [0.15, 0.2) is 0 Å². The van der Waals surface area contributed by atoms with E-state index in [2.05, 4.69) is 0 Å². The maximum absolute atomic E-state index is 11.1. The van der Waals surface area contributed by atoms with Gasteiger partial charge < -0.3 is 19.7 Å². The lowest BCUT2D eigenvalue weighted by atomic mass is 9.88. The third-order valence-electron chi connectivity index (χ3n) is 4.72. The lowest BCUT2D eigenvalue weighted by Gasteiger charge is -2.19. The average Bonchev–Trinajstić information content (AvgIpc) is 2.56. The molecule has 0 radical (unpaired) electrons. The second-order valence-electron chi connectivity index (χ2n) is 8.21. The van der Waals surface area contributed by atoms with Gasteiger partial charge in [-0.15, -0.1) is 0 Å². The van der Waals surface area contributed by atoms with Crippen molar-refractivity contribution in [1.82, 2.24) is 0 Å². The largest absolute Gasteiger partial charge is 0.494 e. The normalized spacial score (nSPS) is 11.9. The summed E-state index contributed by atoms with van der Waals surface area (Å²) in [4.78, 5) is 22.2. The Labute approximate surface area is 161 Å². The van der Waals surface area contributed by atoms with Crippen LogP contribution in [0.5, 0.6) is 11.5 Å². The van der Waals surface area contributed by atoms with Crippen molar-refractivity contribution < 1.29 is 29.3 Å². The quantitative estimate of drug-likeness (QED) is 0.517. The van der Waals surface area contributed by atoms with Gasteiger partial charge in [-0.3, -0.25) is 9.59 Å². The molecule has 0 saturated carbocycles. The Morgan fingerprint density at radius 2 is 1.37 bits per heavy atom. The number of hydrogen-bond acceptors (Lipinski definition) is 4. The molecule has 0 atom stereocenters. The molecule has 0 aliphatic rings. The van der Waals surface area contributed by atoms with Crippen LogP contribution in [0.25, 0.3) is 0 Å². The summed E-state index contributed by atoms with van der Waals surface area (Å²) < 4.78 is 11.4. The summed E-state index contributed by atoms with van der Waals surface area (Å²) in [6.45, 7) is 9.70. The second kappa shape index (κ2) is 9.62. The summed E-state index contributed by atoms with van der Waals surface area (Å²) in [5.41, 5.74) is -0.548. The van der Waals surface area contributed by atoms with E-state index in [9.17, 15) is 9.59 Å². The Balaban J connectivity index is 2.41. The molecule has 0 amide bonds. The molecule has 0 unspecified atom stereocenters. The molecule has 27 heavy (non-hydrogen) atoms. The summed E-state index contributed by atoms with van der Waals surface area (Å²) in [7, 11) is 0. The minimum atomic E-state index is -0.799. The Bertz CT molecular complexity index is 648. The third-order valence-corrected chi connectivity index (χ3v) is 4.72. The topological polar surface area (TPSA) is 93.1 Å². The van der Waals surface area contributed by atoms with E-state index in [0.29, 0.717) is 38.9 Å². The molecule has 0 fully saturated rings. The van der Waals surface area contributed by atoms with Crippen LogP contribution in [0.1, 0.15) is 58.9 Å². The maximum atomic E-state index is 11.1. The average molecular weight is 380 g/mol. The number of aryl methyl sites for hydroxylation is 1. The van der Waals surface area contributed by atoms with Crippen LogP contribution >= 0.6 is 0 Å². The smallest absolute Gasteiger partial charge is 0.309 e. The molecular formula is C21H32O6. The highest BCUT2D eigenvalue weighted by molar-refractivity contribution is 5.73. The van der Waals surface area contributed by atoms with Crippen LogP contribution in [-0.2, 0) is 9.59 Å². The van der Waals surface area contributed by atoms with Crippen LogP contribution in [0.15, 0.2) is 18.2 Å². The lowest BCUT2D eigenvalue weighted by molar-refractivity contribution is -0.148. The maximum Gasteiger partial charge on any atom is 0.309 e.